The molecular weight excluding hydrogens is 384 g/mol. The monoisotopic (exact) mass is 396 g/mol. The molecule has 0 aliphatic heterocycles. The Labute approximate surface area is 163 Å². The maximum Gasteiger partial charge on any atom is 0.374 e. The van der Waals surface area contributed by atoms with Gasteiger partial charge in [-0.05, 0) is 43.3 Å². The van der Waals surface area contributed by atoms with E-state index in [2.05, 4.69) is 10.1 Å². The van der Waals surface area contributed by atoms with Crippen LogP contribution in [0.1, 0.15) is 22.0 Å². The molecular formula is C20H13ClN2O5. The minimum Gasteiger partial charge on any atom is -0.450 e. The third-order valence-corrected chi connectivity index (χ3v) is 4.23. The Morgan fingerprint density at radius 2 is 1.93 bits per heavy atom. The van der Waals surface area contributed by atoms with Crippen molar-refractivity contribution in [3.8, 4) is 11.4 Å². The molecule has 0 spiro atoms. The fourth-order valence-corrected chi connectivity index (χ4v) is 2.72. The predicted octanol–water partition coefficient (Wildman–Crippen LogP) is 4.16. The molecule has 7 nitrogen and oxygen atoms in total. The number of nitrogens with zero attached hydrogens (tertiary/aromatic N) is 2. The molecule has 0 atom stereocenters. The van der Waals surface area contributed by atoms with E-state index in [0.717, 1.165) is 11.6 Å². The molecule has 0 unspecified atom stereocenters. The molecule has 0 bridgehead atoms. The van der Waals surface area contributed by atoms with Gasteiger partial charge in [0, 0.05) is 16.7 Å². The maximum absolute atomic E-state index is 12.2. The zero-order valence-electron chi connectivity index (χ0n) is 14.6. The first-order valence-electron chi connectivity index (χ1n) is 8.30. The van der Waals surface area contributed by atoms with Crippen LogP contribution in [-0.4, -0.2) is 16.1 Å². The number of carbonyl (C=O) groups is 1. The van der Waals surface area contributed by atoms with Crippen molar-refractivity contribution in [1.29, 1.82) is 0 Å². The van der Waals surface area contributed by atoms with Crippen molar-refractivity contribution in [2.45, 2.75) is 13.5 Å². The van der Waals surface area contributed by atoms with Gasteiger partial charge < -0.3 is 13.7 Å². The zero-order chi connectivity index (χ0) is 19.7. The maximum atomic E-state index is 12.2. The molecule has 2 aromatic carbocycles. The first-order valence-corrected chi connectivity index (χ1v) is 8.67. The molecule has 0 saturated carbocycles. The average molecular weight is 397 g/mol. The second-order valence-corrected chi connectivity index (χ2v) is 6.51. The van der Waals surface area contributed by atoms with Gasteiger partial charge in [-0.25, -0.2) is 4.79 Å². The lowest BCUT2D eigenvalue weighted by Gasteiger charge is -2.03. The van der Waals surface area contributed by atoms with E-state index in [4.69, 9.17) is 25.3 Å². The van der Waals surface area contributed by atoms with E-state index >= 15 is 0 Å². The Hall–Kier alpha value is -3.45. The standard InChI is InChI=1S/C20H13ClN2O5/c1-11-2-7-16-14(8-11)15(24)9-17(27-16)20(25)26-10-18-22-19(23-28-18)12-3-5-13(21)6-4-12/h2-9H,10H2,1H3. The Kier molecular flexibility index (Phi) is 4.67. The molecule has 8 heteroatoms. The SMILES string of the molecule is Cc1ccc2oc(C(=O)OCc3nc(-c4ccc(Cl)cc4)no3)cc(=O)c2c1. The molecule has 2 heterocycles. The number of carbonyl (C=O) groups excluding carboxylic acids is 1. The summed E-state index contributed by atoms with van der Waals surface area (Å²) in [7, 11) is 0. The van der Waals surface area contributed by atoms with Gasteiger partial charge in [0.05, 0.1) is 5.39 Å². The minimum atomic E-state index is -0.800. The Balaban J connectivity index is 1.49. The fourth-order valence-electron chi connectivity index (χ4n) is 2.60. The van der Waals surface area contributed by atoms with Crippen LogP contribution in [0.3, 0.4) is 0 Å². The third-order valence-electron chi connectivity index (χ3n) is 3.98. The van der Waals surface area contributed by atoms with Gasteiger partial charge >= 0.3 is 5.97 Å². The highest BCUT2D eigenvalue weighted by atomic mass is 35.5. The third kappa shape index (κ3) is 3.65. The van der Waals surface area contributed by atoms with Crippen LogP contribution >= 0.6 is 11.6 Å². The number of halogens is 1. The van der Waals surface area contributed by atoms with E-state index in [1.54, 1.807) is 42.5 Å². The lowest BCUT2D eigenvalue weighted by Crippen LogP contribution is -2.10. The van der Waals surface area contributed by atoms with E-state index in [1.807, 2.05) is 6.92 Å². The summed E-state index contributed by atoms with van der Waals surface area (Å²) < 4.78 is 15.7. The second-order valence-electron chi connectivity index (χ2n) is 6.07. The van der Waals surface area contributed by atoms with Crippen molar-refractivity contribution in [2.75, 3.05) is 0 Å². The van der Waals surface area contributed by atoms with E-state index in [1.165, 1.54) is 0 Å². The highest BCUT2D eigenvalue weighted by Crippen LogP contribution is 2.19. The van der Waals surface area contributed by atoms with Crippen LogP contribution in [0.2, 0.25) is 5.02 Å². The lowest BCUT2D eigenvalue weighted by molar-refractivity contribution is 0.0394. The van der Waals surface area contributed by atoms with Gasteiger partial charge in [0.1, 0.15) is 5.58 Å². The summed E-state index contributed by atoms with van der Waals surface area (Å²) in [4.78, 5) is 28.6. The number of aromatic nitrogens is 2. The summed E-state index contributed by atoms with van der Waals surface area (Å²) in [6.45, 7) is 1.61. The van der Waals surface area contributed by atoms with Gasteiger partial charge in [-0.1, -0.05) is 28.4 Å². The van der Waals surface area contributed by atoms with Crippen LogP contribution in [0, 0.1) is 6.92 Å². The molecule has 0 N–H and O–H groups in total. The van der Waals surface area contributed by atoms with Gasteiger partial charge in [0.25, 0.3) is 5.89 Å². The van der Waals surface area contributed by atoms with Crippen LogP contribution in [0.5, 0.6) is 0 Å². The van der Waals surface area contributed by atoms with Crippen molar-refractivity contribution in [3.05, 3.63) is 81.0 Å². The van der Waals surface area contributed by atoms with E-state index in [9.17, 15) is 9.59 Å². The summed E-state index contributed by atoms with van der Waals surface area (Å²) in [6, 6.07) is 13.1. The number of fused-ring (bicyclic) bond motifs is 1. The van der Waals surface area contributed by atoms with Crippen molar-refractivity contribution in [3.63, 3.8) is 0 Å². The van der Waals surface area contributed by atoms with Crippen LogP contribution in [0.15, 0.2) is 62.3 Å². The van der Waals surface area contributed by atoms with E-state index in [0.29, 0.717) is 27.4 Å². The molecule has 140 valence electrons. The summed E-state index contributed by atoms with van der Waals surface area (Å²) in [5, 5.41) is 4.83. The van der Waals surface area contributed by atoms with Gasteiger partial charge in [0.2, 0.25) is 11.6 Å². The molecule has 2 aromatic heterocycles. The number of aryl methyl sites for hydroxylation is 1. The number of benzene rings is 2. The molecule has 0 fully saturated rings. The first-order chi connectivity index (χ1) is 13.5. The smallest absolute Gasteiger partial charge is 0.374 e. The number of ether oxygens (including phenoxy) is 1. The minimum absolute atomic E-state index is 0.108. The highest BCUT2D eigenvalue weighted by molar-refractivity contribution is 6.30. The molecule has 0 aliphatic carbocycles. The van der Waals surface area contributed by atoms with Gasteiger partial charge in [-0.3, -0.25) is 4.79 Å². The van der Waals surface area contributed by atoms with E-state index < -0.39 is 5.97 Å². The zero-order valence-corrected chi connectivity index (χ0v) is 15.4. The molecule has 4 rings (SSSR count). The first kappa shape index (κ1) is 17.9. The fraction of sp³-hybridized carbons (Fsp3) is 0.100. The summed E-state index contributed by atoms with van der Waals surface area (Å²) in [6.07, 6.45) is 0. The molecule has 28 heavy (non-hydrogen) atoms. The van der Waals surface area contributed by atoms with Crippen LogP contribution < -0.4 is 5.43 Å². The Morgan fingerprint density at radius 1 is 1.14 bits per heavy atom. The largest absolute Gasteiger partial charge is 0.450 e. The normalized spacial score (nSPS) is 10.9. The van der Waals surface area contributed by atoms with Crippen LogP contribution in [0.4, 0.5) is 0 Å². The number of rotatable bonds is 4. The Morgan fingerprint density at radius 3 is 2.71 bits per heavy atom. The van der Waals surface area contributed by atoms with Gasteiger partial charge in [-0.15, -0.1) is 0 Å². The molecule has 0 amide bonds. The average Bonchev–Trinajstić information content (AvgIpc) is 3.16. The van der Waals surface area contributed by atoms with Crippen molar-refractivity contribution in [2.24, 2.45) is 0 Å². The van der Waals surface area contributed by atoms with Gasteiger partial charge in [0.15, 0.2) is 12.0 Å². The molecule has 0 radical (unpaired) electrons. The number of esters is 1. The summed E-state index contributed by atoms with van der Waals surface area (Å²) in [5.74, 6) is -0.544. The van der Waals surface area contributed by atoms with Crippen molar-refractivity contribution < 1.29 is 18.5 Å². The van der Waals surface area contributed by atoms with Gasteiger partial charge in [-0.2, -0.15) is 4.98 Å². The number of hydrogen-bond acceptors (Lipinski definition) is 7. The summed E-state index contributed by atoms with van der Waals surface area (Å²) in [5.41, 5.74) is 1.62. The van der Waals surface area contributed by atoms with Crippen molar-refractivity contribution in [1.82, 2.24) is 10.1 Å². The quantitative estimate of drug-likeness (QED) is 0.478. The summed E-state index contributed by atoms with van der Waals surface area (Å²) >= 11 is 5.85. The molecule has 4 aromatic rings. The van der Waals surface area contributed by atoms with Crippen LogP contribution in [0.25, 0.3) is 22.4 Å². The second kappa shape index (κ2) is 7.28. The Bertz CT molecular complexity index is 1230. The topological polar surface area (TPSA) is 95.4 Å². The predicted molar refractivity (Wildman–Crippen MR) is 101 cm³/mol. The molecule has 0 aliphatic rings. The lowest BCUT2D eigenvalue weighted by atomic mass is 10.1. The van der Waals surface area contributed by atoms with Crippen molar-refractivity contribution >= 4 is 28.5 Å². The van der Waals surface area contributed by atoms with Crippen LogP contribution in [-0.2, 0) is 11.3 Å². The van der Waals surface area contributed by atoms with E-state index in [-0.39, 0.29) is 23.7 Å². The number of hydrogen-bond donors (Lipinski definition) is 0. The molecule has 0 saturated heterocycles. The highest BCUT2D eigenvalue weighted by Gasteiger charge is 2.16.